The Balaban J connectivity index is 1.65. The molecule has 4 heteroatoms. The lowest BCUT2D eigenvalue weighted by Crippen LogP contribution is -2.46. The van der Waals surface area contributed by atoms with Gasteiger partial charge in [0, 0.05) is 19.1 Å². The van der Waals surface area contributed by atoms with E-state index in [1.54, 1.807) is 0 Å². The van der Waals surface area contributed by atoms with Crippen LogP contribution < -0.4 is 0 Å². The summed E-state index contributed by atoms with van der Waals surface area (Å²) >= 11 is 0. The maximum absolute atomic E-state index is 10.3. The topological polar surface area (TPSA) is 49.8 Å². The number of rotatable bonds is 4. The van der Waals surface area contributed by atoms with Crippen LogP contribution in [0.2, 0.25) is 0 Å². The molecule has 1 heterocycles. The molecule has 1 saturated heterocycles. The van der Waals surface area contributed by atoms with Gasteiger partial charge in [0.2, 0.25) is 0 Å². The minimum absolute atomic E-state index is 0.145. The zero-order valence-electron chi connectivity index (χ0n) is 9.02. The second-order valence-corrected chi connectivity index (χ2v) is 4.52. The van der Waals surface area contributed by atoms with Gasteiger partial charge in [-0.3, -0.25) is 0 Å². The third-order valence-corrected chi connectivity index (χ3v) is 3.51. The molecule has 0 aromatic heterocycles. The average molecular weight is 213 g/mol. The lowest BCUT2D eigenvalue weighted by molar-refractivity contribution is -0.145. The van der Waals surface area contributed by atoms with Gasteiger partial charge in [-0.1, -0.05) is 6.42 Å². The summed E-state index contributed by atoms with van der Waals surface area (Å²) in [4.78, 5) is 12.9. The van der Waals surface area contributed by atoms with Crippen LogP contribution in [0.25, 0.3) is 0 Å². The molecule has 0 aromatic rings. The van der Waals surface area contributed by atoms with E-state index in [1.165, 1.54) is 19.3 Å². The number of likely N-dealkylation sites (tertiary alicyclic amines) is 1. The Morgan fingerprint density at radius 3 is 2.40 bits per heavy atom. The fourth-order valence-electron chi connectivity index (χ4n) is 2.35. The van der Waals surface area contributed by atoms with Crippen LogP contribution in [0.4, 0.5) is 0 Å². The van der Waals surface area contributed by atoms with E-state index in [0.29, 0.717) is 0 Å². The molecule has 4 nitrogen and oxygen atoms in total. The van der Waals surface area contributed by atoms with Crippen molar-refractivity contribution in [2.75, 3.05) is 19.7 Å². The molecule has 1 N–H and O–H groups in total. The number of carbonyl (C=O) groups is 1. The summed E-state index contributed by atoms with van der Waals surface area (Å²) in [6.07, 6.45) is 6.21. The van der Waals surface area contributed by atoms with Gasteiger partial charge in [-0.15, -0.1) is 0 Å². The molecule has 0 aromatic carbocycles. The van der Waals surface area contributed by atoms with Crippen molar-refractivity contribution in [3.05, 3.63) is 0 Å². The molecule has 0 radical (unpaired) electrons. The summed E-state index contributed by atoms with van der Waals surface area (Å²) in [5.74, 6) is -0.864. The number of hydrogen-bond acceptors (Lipinski definition) is 3. The molecule has 1 aliphatic carbocycles. The SMILES string of the molecule is O=C(O)COC1CCN(C2CCC2)CC1. The van der Waals surface area contributed by atoms with Crippen LogP contribution >= 0.6 is 0 Å². The molecule has 0 atom stereocenters. The van der Waals surface area contributed by atoms with E-state index in [0.717, 1.165) is 32.0 Å². The summed E-state index contributed by atoms with van der Waals surface area (Å²) in [7, 11) is 0. The van der Waals surface area contributed by atoms with Gasteiger partial charge in [0.15, 0.2) is 0 Å². The molecule has 2 aliphatic rings. The average Bonchev–Trinajstić information content (AvgIpc) is 2.14. The zero-order chi connectivity index (χ0) is 10.7. The molecule has 1 saturated carbocycles. The van der Waals surface area contributed by atoms with E-state index in [2.05, 4.69) is 4.90 Å². The lowest BCUT2D eigenvalue weighted by atomic mass is 9.90. The van der Waals surface area contributed by atoms with Crippen LogP contribution in [0.1, 0.15) is 32.1 Å². The lowest BCUT2D eigenvalue weighted by Gasteiger charge is -2.41. The number of piperidine rings is 1. The molecule has 15 heavy (non-hydrogen) atoms. The van der Waals surface area contributed by atoms with Crippen molar-refractivity contribution >= 4 is 5.97 Å². The number of nitrogens with zero attached hydrogens (tertiary/aromatic N) is 1. The van der Waals surface area contributed by atoms with E-state index < -0.39 is 5.97 Å². The van der Waals surface area contributed by atoms with Gasteiger partial charge in [-0.05, 0) is 25.7 Å². The minimum atomic E-state index is -0.864. The van der Waals surface area contributed by atoms with Crippen molar-refractivity contribution in [3.63, 3.8) is 0 Å². The highest BCUT2D eigenvalue weighted by Gasteiger charge is 2.28. The Morgan fingerprint density at radius 2 is 1.93 bits per heavy atom. The maximum Gasteiger partial charge on any atom is 0.329 e. The first-order valence-corrected chi connectivity index (χ1v) is 5.83. The number of carboxylic acids is 1. The standard InChI is InChI=1S/C11H19NO3/c13-11(14)8-15-10-4-6-12(7-5-10)9-2-1-3-9/h9-10H,1-8H2,(H,13,14). The smallest absolute Gasteiger partial charge is 0.329 e. The maximum atomic E-state index is 10.3. The molecule has 2 fully saturated rings. The van der Waals surface area contributed by atoms with E-state index >= 15 is 0 Å². The largest absolute Gasteiger partial charge is 0.480 e. The molecular weight excluding hydrogens is 194 g/mol. The van der Waals surface area contributed by atoms with Gasteiger partial charge in [0.1, 0.15) is 6.61 Å². The highest BCUT2D eigenvalue weighted by Crippen LogP contribution is 2.27. The first kappa shape index (κ1) is 10.9. The van der Waals surface area contributed by atoms with Gasteiger partial charge >= 0.3 is 5.97 Å². The predicted molar refractivity (Wildman–Crippen MR) is 55.8 cm³/mol. The second kappa shape index (κ2) is 4.94. The van der Waals surface area contributed by atoms with Crippen molar-refractivity contribution in [1.82, 2.24) is 4.90 Å². The molecule has 0 bridgehead atoms. The molecule has 1 aliphatic heterocycles. The molecule has 86 valence electrons. The van der Waals surface area contributed by atoms with E-state index in [-0.39, 0.29) is 12.7 Å². The Kier molecular flexibility index (Phi) is 3.59. The van der Waals surface area contributed by atoms with Crippen molar-refractivity contribution in [2.45, 2.75) is 44.2 Å². The Hall–Kier alpha value is -0.610. The van der Waals surface area contributed by atoms with Gasteiger partial charge in [0.25, 0.3) is 0 Å². The molecule has 0 amide bonds. The van der Waals surface area contributed by atoms with E-state index in [4.69, 9.17) is 9.84 Å². The van der Waals surface area contributed by atoms with Crippen LogP contribution in [0.15, 0.2) is 0 Å². The Bertz CT molecular complexity index is 220. The summed E-state index contributed by atoms with van der Waals surface area (Å²) in [5.41, 5.74) is 0. The van der Waals surface area contributed by atoms with E-state index in [9.17, 15) is 4.79 Å². The van der Waals surface area contributed by atoms with Gasteiger partial charge in [-0.25, -0.2) is 4.79 Å². The van der Waals surface area contributed by atoms with E-state index in [1.807, 2.05) is 0 Å². The summed E-state index contributed by atoms with van der Waals surface area (Å²) in [6, 6.07) is 0.811. The van der Waals surface area contributed by atoms with Gasteiger partial charge in [0.05, 0.1) is 6.10 Å². The first-order valence-electron chi connectivity index (χ1n) is 5.83. The highest BCUT2D eigenvalue weighted by atomic mass is 16.5. The van der Waals surface area contributed by atoms with Gasteiger partial charge in [-0.2, -0.15) is 0 Å². The Labute approximate surface area is 90.2 Å². The van der Waals surface area contributed by atoms with Crippen LogP contribution in [-0.4, -0.2) is 47.8 Å². The molecular formula is C11H19NO3. The third kappa shape index (κ3) is 2.92. The number of carboxylic acid groups (broad SMARTS) is 1. The summed E-state index contributed by atoms with van der Waals surface area (Å²) in [5, 5.41) is 8.50. The van der Waals surface area contributed by atoms with Crippen molar-refractivity contribution in [2.24, 2.45) is 0 Å². The van der Waals surface area contributed by atoms with Crippen molar-refractivity contribution in [3.8, 4) is 0 Å². The minimum Gasteiger partial charge on any atom is -0.480 e. The predicted octanol–water partition coefficient (Wildman–Crippen LogP) is 1.10. The first-order chi connectivity index (χ1) is 7.25. The molecule has 2 rings (SSSR count). The second-order valence-electron chi connectivity index (χ2n) is 4.52. The summed E-state index contributed by atoms with van der Waals surface area (Å²) < 4.78 is 5.30. The molecule has 0 unspecified atom stereocenters. The van der Waals surface area contributed by atoms with Crippen LogP contribution in [0.5, 0.6) is 0 Å². The third-order valence-electron chi connectivity index (χ3n) is 3.51. The van der Waals surface area contributed by atoms with Crippen molar-refractivity contribution in [1.29, 1.82) is 0 Å². The monoisotopic (exact) mass is 213 g/mol. The van der Waals surface area contributed by atoms with Crippen LogP contribution in [-0.2, 0) is 9.53 Å². The van der Waals surface area contributed by atoms with Crippen molar-refractivity contribution < 1.29 is 14.6 Å². The normalized spacial score (nSPS) is 25.1. The van der Waals surface area contributed by atoms with Gasteiger partial charge < -0.3 is 14.7 Å². The van der Waals surface area contributed by atoms with Crippen LogP contribution in [0, 0.1) is 0 Å². The van der Waals surface area contributed by atoms with Crippen LogP contribution in [0.3, 0.4) is 0 Å². The fourth-order valence-corrected chi connectivity index (χ4v) is 2.35. The number of ether oxygens (including phenoxy) is 1. The quantitative estimate of drug-likeness (QED) is 0.760. The number of aliphatic carboxylic acids is 1. The number of hydrogen-bond donors (Lipinski definition) is 1. The Morgan fingerprint density at radius 1 is 1.27 bits per heavy atom. The zero-order valence-corrected chi connectivity index (χ0v) is 9.02. The fraction of sp³-hybridized carbons (Fsp3) is 0.909. The summed E-state index contributed by atoms with van der Waals surface area (Å²) in [6.45, 7) is 2.01. The molecule has 0 spiro atoms. The highest BCUT2D eigenvalue weighted by molar-refractivity contribution is 5.68.